The highest BCUT2D eigenvalue weighted by atomic mass is 16.5. The van der Waals surface area contributed by atoms with Crippen LogP contribution in [0.3, 0.4) is 0 Å². The van der Waals surface area contributed by atoms with E-state index in [1.165, 1.54) is 78.3 Å². The Kier molecular flexibility index (Phi) is 5.54. The van der Waals surface area contributed by atoms with Gasteiger partial charge in [0.25, 0.3) is 6.71 Å². The maximum Gasteiger partial charge on any atom is 0.252 e. The third kappa shape index (κ3) is 3.44. The summed E-state index contributed by atoms with van der Waals surface area (Å²) < 4.78 is 7.37. The number of para-hydroxylation sites is 3. The molecule has 3 nitrogen and oxygen atoms in total. The van der Waals surface area contributed by atoms with Gasteiger partial charge in [0.05, 0.1) is 29.3 Å². The van der Waals surface area contributed by atoms with Gasteiger partial charge in [-0.05, 0) is 80.2 Å². The van der Waals surface area contributed by atoms with Crippen LogP contribution in [0.2, 0.25) is 0 Å². The average Bonchev–Trinajstić information content (AvgIpc) is 3.77. The van der Waals surface area contributed by atoms with Crippen LogP contribution in [-0.2, 0) is 10.2 Å². The molecule has 0 N–H and O–H groups in total. The van der Waals surface area contributed by atoms with E-state index < -0.39 is 5.41 Å². The van der Waals surface area contributed by atoms with Crippen LogP contribution in [0, 0.1) is 0 Å². The molecule has 0 saturated carbocycles. The fourth-order valence-electron chi connectivity index (χ4n) is 10.7. The molecule has 1 fully saturated rings. The standard InChI is InChI=1S/C47H33BN2O/c1-3-15-30(16-4-1)43-29-42-46(51-43)48-38-25-13-24-37-45(38)50(41-28-14-27-40(44(41)48)49(42)31-17-5-2-6-18-31)39-26-12-11-23-36(39)47(37)34-21-9-7-19-32(34)33-20-8-10-22-35(33)47/h1-28,42-43,46H,29H2. The molecule has 1 saturated heterocycles. The van der Waals surface area contributed by atoms with Crippen LogP contribution in [0.4, 0.5) is 28.4 Å². The van der Waals surface area contributed by atoms with E-state index in [1.807, 2.05) is 0 Å². The van der Waals surface area contributed by atoms with Crippen molar-refractivity contribution in [3.8, 4) is 11.1 Å². The Morgan fingerprint density at radius 2 is 1.12 bits per heavy atom. The number of nitrogens with zero attached hydrogens (tertiary/aromatic N) is 2. The Balaban J connectivity index is 1.17. The molecule has 7 aromatic rings. The maximum absolute atomic E-state index is 7.37. The van der Waals surface area contributed by atoms with E-state index in [-0.39, 0.29) is 24.9 Å². The third-order valence-corrected chi connectivity index (χ3v) is 12.4. The van der Waals surface area contributed by atoms with Gasteiger partial charge in [-0.15, -0.1) is 0 Å². The summed E-state index contributed by atoms with van der Waals surface area (Å²) in [7, 11) is 0. The van der Waals surface area contributed by atoms with Crippen molar-refractivity contribution in [2.45, 2.75) is 30.0 Å². The lowest BCUT2D eigenvalue weighted by molar-refractivity contribution is 0.0832. The third-order valence-electron chi connectivity index (χ3n) is 12.4. The number of hydrogen-bond acceptors (Lipinski definition) is 3. The van der Waals surface area contributed by atoms with E-state index in [0.717, 1.165) is 6.42 Å². The summed E-state index contributed by atoms with van der Waals surface area (Å²) in [5, 5.41) is 0. The maximum atomic E-state index is 7.37. The molecule has 4 heterocycles. The summed E-state index contributed by atoms with van der Waals surface area (Å²) >= 11 is 0. The Morgan fingerprint density at radius 1 is 0.529 bits per heavy atom. The van der Waals surface area contributed by atoms with E-state index in [0.29, 0.717) is 0 Å². The molecule has 1 aliphatic carbocycles. The highest BCUT2D eigenvalue weighted by molar-refractivity contribution is 6.91. The van der Waals surface area contributed by atoms with Gasteiger partial charge in [0.1, 0.15) is 0 Å². The van der Waals surface area contributed by atoms with Gasteiger partial charge >= 0.3 is 0 Å². The van der Waals surface area contributed by atoms with Crippen molar-refractivity contribution >= 4 is 46.1 Å². The predicted molar refractivity (Wildman–Crippen MR) is 208 cm³/mol. The summed E-state index contributed by atoms with van der Waals surface area (Å²) in [4.78, 5) is 5.19. The first kappa shape index (κ1) is 27.9. The molecule has 240 valence electrons. The van der Waals surface area contributed by atoms with E-state index in [1.54, 1.807) is 0 Å². The highest BCUT2D eigenvalue weighted by Gasteiger charge is 2.58. The average molecular weight is 653 g/mol. The molecule has 3 unspecified atom stereocenters. The predicted octanol–water partition coefficient (Wildman–Crippen LogP) is 9.34. The molecule has 1 spiro atoms. The van der Waals surface area contributed by atoms with Gasteiger partial charge in [-0.2, -0.15) is 0 Å². The van der Waals surface area contributed by atoms with Crippen molar-refractivity contribution in [2.75, 3.05) is 9.80 Å². The van der Waals surface area contributed by atoms with Gasteiger partial charge in [-0.1, -0.05) is 140 Å². The van der Waals surface area contributed by atoms with Crippen LogP contribution in [0.5, 0.6) is 0 Å². The van der Waals surface area contributed by atoms with Gasteiger partial charge in [0.15, 0.2) is 0 Å². The Morgan fingerprint density at radius 3 is 1.88 bits per heavy atom. The minimum Gasteiger partial charge on any atom is -0.375 e. The first-order valence-electron chi connectivity index (χ1n) is 18.2. The molecule has 0 radical (unpaired) electrons. The normalized spacial score (nSPS) is 20.6. The molecule has 3 atom stereocenters. The van der Waals surface area contributed by atoms with Crippen LogP contribution in [-0.4, -0.2) is 18.8 Å². The van der Waals surface area contributed by atoms with Crippen LogP contribution < -0.4 is 20.7 Å². The van der Waals surface area contributed by atoms with Gasteiger partial charge in [0, 0.05) is 29.2 Å². The largest absolute Gasteiger partial charge is 0.375 e. The zero-order valence-corrected chi connectivity index (χ0v) is 28.0. The fraction of sp³-hybridized carbons (Fsp3) is 0.106. The molecule has 5 aliphatic rings. The first-order chi connectivity index (χ1) is 25.3. The summed E-state index contributed by atoms with van der Waals surface area (Å²) in [6.45, 7) is 0.0790. The number of rotatable bonds is 2. The van der Waals surface area contributed by atoms with Crippen LogP contribution in [0.25, 0.3) is 11.1 Å². The smallest absolute Gasteiger partial charge is 0.252 e. The lowest BCUT2D eigenvalue weighted by Crippen LogP contribution is -2.67. The number of fused-ring (bicyclic) bond motifs is 13. The van der Waals surface area contributed by atoms with Gasteiger partial charge in [-0.3, -0.25) is 0 Å². The Bertz CT molecular complexity index is 2500. The molecule has 7 aromatic carbocycles. The number of benzene rings is 7. The molecule has 51 heavy (non-hydrogen) atoms. The van der Waals surface area contributed by atoms with Crippen molar-refractivity contribution in [1.29, 1.82) is 0 Å². The van der Waals surface area contributed by atoms with Crippen molar-refractivity contribution in [3.05, 3.63) is 198 Å². The zero-order valence-electron chi connectivity index (χ0n) is 28.0. The summed E-state index contributed by atoms with van der Waals surface area (Å²) in [5.74, 6) is 0. The number of ether oxygens (including phenoxy) is 1. The van der Waals surface area contributed by atoms with Gasteiger partial charge < -0.3 is 14.5 Å². The van der Waals surface area contributed by atoms with Crippen molar-refractivity contribution < 1.29 is 4.74 Å². The molecular weight excluding hydrogens is 619 g/mol. The molecule has 4 aliphatic heterocycles. The highest BCUT2D eigenvalue weighted by Crippen LogP contribution is 2.64. The summed E-state index contributed by atoms with van der Waals surface area (Å²) in [6.07, 6.45) is 0.944. The van der Waals surface area contributed by atoms with Gasteiger partial charge in [-0.25, -0.2) is 0 Å². The minimum absolute atomic E-state index is 0.0170. The monoisotopic (exact) mass is 652 g/mol. The lowest BCUT2D eigenvalue weighted by Gasteiger charge is -2.52. The second-order valence-electron chi connectivity index (χ2n) is 14.6. The van der Waals surface area contributed by atoms with Gasteiger partial charge in [0.2, 0.25) is 0 Å². The Labute approximate surface area is 298 Å². The zero-order chi connectivity index (χ0) is 33.3. The molecule has 0 bridgehead atoms. The van der Waals surface area contributed by atoms with Crippen molar-refractivity contribution in [1.82, 2.24) is 0 Å². The molecule has 4 heteroatoms. The quantitative estimate of drug-likeness (QED) is 0.173. The summed E-state index contributed by atoms with van der Waals surface area (Å²) in [5.41, 5.74) is 17.9. The Hall–Kier alpha value is -5.84. The molecule has 0 aromatic heterocycles. The van der Waals surface area contributed by atoms with E-state index in [4.69, 9.17) is 4.74 Å². The fourth-order valence-corrected chi connectivity index (χ4v) is 10.7. The van der Waals surface area contributed by atoms with E-state index in [2.05, 4.69) is 180 Å². The number of anilines is 5. The van der Waals surface area contributed by atoms with Crippen molar-refractivity contribution in [3.63, 3.8) is 0 Å². The van der Waals surface area contributed by atoms with Crippen LogP contribution in [0.1, 0.15) is 40.3 Å². The molecular formula is C47H33BN2O. The van der Waals surface area contributed by atoms with Crippen LogP contribution >= 0.6 is 0 Å². The number of hydrogen-bond donors (Lipinski definition) is 0. The first-order valence-corrected chi connectivity index (χ1v) is 18.2. The lowest BCUT2D eigenvalue weighted by atomic mass is 9.32. The SMILES string of the molecule is c1ccc(C2CC3C(O2)B2c4cccc5c4N(c4ccccc4C54c5ccccc5-c5ccccc54)c4cccc(c42)N3c2ccccc2)cc1. The summed E-state index contributed by atoms with van der Waals surface area (Å²) in [6, 6.07) is 63.4. The second-order valence-corrected chi connectivity index (χ2v) is 14.6. The van der Waals surface area contributed by atoms with Crippen molar-refractivity contribution in [2.24, 2.45) is 0 Å². The van der Waals surface area contributed by atoms with E-state index in [9.17, 15) is 0 Å². The minimum atomic E-state index is -0.437. The van der Waals surface area contributed by atoms with E-state index >= 15 is 0 Å². The van der Waals surface area contributed by atoms with Crippen LogP contribution in [0.15, 0.2) is 170 Å². The molecule has 0 amide bonds. The second kappa shape index (κ2) is 10.1. The molecule has 12 rings (SSSR count). The topological polar surface area (TPSA) is 15.7 Å².